The van der Waals surface area contributed by atoms with Crippen molar-refractivity contribution in [1.29, 1.82) is 0 Å². The van der Waals surface area contributed by atoms with Crippen LogP contribution in [0.25, 0.3) is 22.3 Å². The third-order valence-electron chi connectivity index (χ3n) is 7.82. The zero-order valence-corrected chi connectivity index (χ0v) is 22.0. The van der Waals surface area contributed by atoms with Crippen LogP contribution in [-0.2, 0) is 15.3 Å². The number of aromatic hydroxyl groups is 4. The third kappa shape index (κ3) is 4.77. The number of hydrogen-bond donors (Lipinski definition) is 12. The number of ether oxygens (including phenoxy) is 2. The topological polar surface area (TPSA) is 291 Å². The molecule has 0 saturated carbocycles. The molecular formula is C27H30O16. The summed E-state index contributed by atoms with van der Waals surface area (Å²) >= 11 is 0. The van der Waals surface area contributed by atoms with Crippen LogP contribution in [0.5, 0.6) is 23.0 Å². The first-order valence-corrected chi connectivity index (χ1v) is 13.0. The van der Waals surface area contributed by atoms with Gasteiger partial charge in [-0.25, -0.2) is 0 Å². The number of phenols is 3. The maximum Gasteiger partial charge on any atom is 0.238 e. The highest BCUT2D eigenvalue weighted by atomic mass is 16.7. The molecule has 2 aromatic carbocycles. The molecule has 3 aromatic rings. The number of rotatable bonds is 5. The lowest BCUT2D eigenvalue weighted by molar-refractivity contribution is -0.358. The van der Waals surface area contributed by atoms with Gasteiger partial charge < -0.3 is 75.2 Å². The van der Waals surface area contributed by atoms with Crippen molar-refractivity contribution in [3.63, 3.8) is 0 Å². The minimum absolute atomic E-state index is 0.0455. The van der Waals surface area contributed by atoms with E-state index in [1.807, 2.05) is 0 Å². The van der Waals surface area contributed by atoms with Gasteiger partial charge in [-0.15, -0.1) is 0 Å². The molecule has 16 nitrogen and oxygen atoms in total. The van der Waals surface area contributed by atoms with Gasteiger partial charge in [0.25, 0.3) is 0 Å². The zero-order chi connectivity index (χ0) is 31.5. The molecule has 1 aromatic heterocycles. The van der Waals surface area contributed by atoms with Crippen LogP contribution in [0.2, 0.25) is 0 Å². The van der Waals surface area contributed by atoms with E-state index in [0.717, 1.165) is 0 Å². The van der Waals surface area contributed by atoms with E-state index in [1.165, 1.54) is 24.3 Å². The van der Waals surface area contributed by atoms with E-state index in [4.69, 9.17) is 13.9 Å². The number of phenolic OH excluding ortho intramolecular Hbond substituents is 3. The first kappa shape index (κ1) is 30.9. The molecule has 0 aliphatic carbocycles. The van der Waals surface area contributed by atoms with Crippen molar-refractivity contribution in [1.82, 2.24) is 0 Å². The summed E-state index contributed by atoms with van der Waals surface area (Å²) in [4.78, 5) is 13.6. The SMILES string of the molecule is O=c1c(O)c(-c2ccc(O)cc2)oc2c(C3CC(O)C(O)C(CO)O3)c(O)c(C3(O)OC(CO)C(O)C(O)C3O)c(O)c12. The maximum absolute atomic E-state index is 13.6. The van der Waals surface area contributed by atoms with Gasteiger partial charge in [-0.1, -0.05) is 0 Å². The van der Waals surface area contributed by atoms with Crippen molar-refractivity contribution in [2.75, 3.05) is 13.2 Å². The van der Waals surface area contributed by atoms with E-state index in [2.05, 4.69) is 0 Å². The summed E-state index contributed by atoms with van der Waals surface area (Å²) < 4.78 is 16.7. The average molecular weight is 611 g/mol. The molecule has 0 radical (unpaired) electrons. The molecule has 2 saturated heterocycles. The summed E-state index contributed by atoms with van der Waals surface area (Å²) in [6, 6.07) is 4.95. The maximum atomic E-state index is 13.6. The second-order valence-electron chi connectivity index (χ2n) is 10.4. The van der Waals surface area contributed by atoms with E-state index >= 15 is 0 Å². The Labute approximate surface area is 240 Å². The third-order valence-corrected chi connectivity index (χ3v) is 7.82. The molecule has 0 spiro atoms. The van der Waals surface area contributed by atoms with Crippen molar-refractivity contribution >= 4 is 11.0 Å². The minimum atomic E-state index is -3.33. The summed E-state index contributed by atoms with van der Waals surface area (Å²) in [5.74, 6) is -7.57. The van der Waals surface area contributed by atoms with Crippen molar-refractivity contribution < 1.29 is 75.2 Å². The highest BCUT2D eigenvalue weighted by molar-refractivity contribution is 5.93. The highest BCUT2D eigenvalue weighted by Crippen LogP contribution is 2.52. The Morgan fingerprint density at radius 2 is 1.44 bits per heavy atom. The molecule has 2 aliphatic rings. The standard InChI is InChI=1S/C27H30O16/c28-6-12-17(32)10(31)5-11(41-12)14-19(34)16(27(40)26(39)23(38)18(33)13(7-29)43-27)20(35)15-21(36)22(37)24(42-25(14)15)8-1-3-9(30)4-2-8/h1-4,10-13,17-18,23,26,28-35,37-40H,5-7H2. The predicted molar refractivity (Wildman–Crippen MR) is 140 cm³/mol. The molecule has 16 heteroatoms. The first-order chi connectivity index (χ1) is 20.3. The quantitative estimate of drug-likeness (QED) is 0.141. The Balaban J connectivity index is 1.86. The Bertz CT molecular complexity index is 1570. The fourth-order valence-electron chi connectivity index (χ4n) is 5.51. The predicted octanol–water partition coefficient (Wildman–Crippen LogP) is -2.55. The molecule has 234 valence electrons. The second-order valence-corrected chi connectivity index (χ2v) is 10.4. The molecule has 9 unspecified atom stereocenters. The highest BCUT2D eigenvalue weighted by Gasteiger charge is 2.57. The van der Waals surface area contributed by atoms with E-state index < -0.39 is 125 Å². The fraction of sp³-hybridized carbons (Fsp3) is 0.444. The molecule has 0 bridgehead atoms. The number of hydrogen-bond acceptors (Lipinski definition) is 16. The lowest BCUT2D eigenvalue weighted by Gasteiger charge is -2.46. The average Bonchev–Trinajstić information content (AvgIpc) is 2.97. The molecule has 43 heavy (non-hydrogen) atoms. The normalized spacial score (nSPS) is 33.1. The van der Waals surface area contributed by atoms with E-state index in [9.17, 15) is 66.1 Å². The van der Waals surface area contributed by atoms with Gasteiger partial charge in [0.2, 0.25) is 17.0 Å². The second kappa shape index (κ2) is 11.2. The van der Waals surface area contributed by atoms with Gasteiger partial charge in [0.05, 0.1) is 36.5 Å². The van der Waals surface area contributed by atoms with Gasteiger partial charge in [-0.05, 0) is 24.3 Å². The van der Waals surface area contributed by atoms with Crippen LogP contribution in [0.3, 0.4) is 0 Å². The minimum Gasteiger partial charge on any atom is -0.508 e. The van der Waals surface area contributed by atoms with Crippen molar-refractivity contribution in [2.24, 2.45) is 0 Å². The van der Waals surface area contributed by atoms with Gasteiger partial charge in [-0.3, -0.25) is 4.79 Å². The number of fused-ring (bicyclic) bond motifs is 1. The zero-order valence-electron chi connectivity index (χ0n) is 22.0. The van der Waals surface area contributed by atoms with Crippen LogP contribution in [0.1, 0.15) is 23.7 Å². The van der Waals surface area contributed by atoms with Gasteiger partial charge in [-0.2, -0.15) is 0 Å². The first-order valence-electron chi connectivity index (χ1n) is 13.0. The Morgan fingerprint density at radius 3 is 2.05 bits per heavy atom. The molecular weight excluding hydrogens is 580 g/mol. The lowest BCUT2D eigenvalue weighted by Crippen LogP contribution is -2.63. The summed E-state index contributed by atoms with van der Waals surface area (Å²) in [5, 5.41) is 125. The van der Waals surface area contributed by atoms with Crippen LogP contribution in [-0.4, -0.2) is 117 Å². The van der Waals surface area contributed by atoms with Gasteiger partial charge in [0.1, 0.15) is 59.3 Å². The van der Waals surface area contributed by atoms with Crippen molar-refractivity contribution in [3.8, 4) is 34.3 Å². The molecule has 0 amide bonds. The molecule has 5 rings (SSSR count). The molecule has 9 atom stereocenters. The van der Waals surface area contributed by atoms with Crippen LogP contribution in [0.15, 0.2) is 33.5 Å². The van der Waals surface area contributed by atoms with Gasteiger partial charge >= 0.3 is 0 Å². The lowest BCUT2D eigenvalue weighted by atomic mass is 9.83. The summed E-state index contributed by atoms with van der Waals surface area (Å²) in [5.41, 5.74) is -3.71. The number of aliphatic hydroxyl groups excluding tert-OH is 7. The van der Waals surface area contributed by atoms with Gasteiger partial charge in [0, 0.05) is 12.0 Å². The van der Waals surface area contributed by atoms with Crippen LogP contribution >= 0.6 is 0 Å². The Morgan fingerprint density at radius 1 is 0.814 bits per heavy atom. The van der Waals surface area contributed by atoms with E-state index in [0.29, 0.717) is 0 Å². The summed E-state index contributed by atoms with van der Waals surface area (Å²) in [7, 11) is 0. The molecule has 12 N–H and O–H groups in total. The smallest absolute Gasteiger partial charge is 0.238 e. The molecule has 2 aliphatic heterocycles. The summed E-state index contributed by atoms with van der Waals surface area (Å²) in [6.45, 7) is -1.85. The largest absolute Gasteiger partial charge is 0.508 e. The van der Waals surface area contributed by atoms with Crippen LogP contribution in [0.4, 0.5) is 0 Å². The van der Waals surface area contributed by atoms with Gasteiger partial charge in [0.15, 0.2) is 11.3 Å². The van der Waals surface area contributed by atoms with Crippen molar-refractivity contribution in [2.45, 2.75) is 61.0 Å². The van der Waals surface area contributed by atoms with Crippen LogP contribution in [0, 0.1) is 0 Å². The Hall–Kier alpha value is -3.55. The fourth-order valence-corrected chi connectivity index (χ4v) is 5.51. The number of benzene rings is 2. The number of aliphatic hydroxyl groups is 8. The Kier molecular flexibility index (Phi) is 8.03. The van der Waals surface area contributed by atoms with Crippen molar-refractivity contribution in [3.05, 3.63) is 45.6 Å². The monoisotopic (exact) mass is 610 g/mol. The van der Waals surface area contributed by atoms with Crippen LogP contribution < -0.4 is 5.43 Å². The van der Waals surface area contributed by atoms with E-state index in [1.54, 1.807) is 0 Å². The molecule has 2 fully saturated rings. The van der Waals surface area contributed by atoms with E-state index in [-0.39, 0.29) is 11.3 Å². The summed E-state index contributed by atoms with van der Waals surface area (Å²) in [6.07, 6.45) is -15.2. The molecule has 3 heterocycles.